The Kier molecular flexibility index (Phi) is 9.60. The average molecular weight is 432 g/mol. The van der Waals surface area contributed by atoms with Crippen LogP contribution < -0.4 is 16.0 Å². The van der Waals surface area contributed by atoms with Gasteiger partial charge in [0.15, 0.2) is 0 Å². The maximum absolute atomic E-state index is 12.5. The summed E-state index contributed by atoms with van der Waals surface area (Å²) in [5, 5.41) is 18.7. The summed E-state index contributed by atoms with van der Waals surface area (Å²) in [5.41, 5.74) is 0. The van der Waals surface area contributed by atoms with Crippen molar-refractivity contribution in [3.63, 3.8) is 0 Å². The Hall–Kier alpha value is -0.950. The fourth-order valence-electron chi connectivity index (χ4n) is 4.27. The molecule has 0 aromatic heterocycles. The van der Waals surface area contributed by atoms with E-state index in [0.29, 0.717) is 0 Å². The minimum Gasteiger partial charge on any atom is -0.391 e. The van der Waals surface area contributed by atoms with Crippen molar-refractivity contribution in [1.82, 2.24) is 16.0 Å². The number of hydrogen-bond donors (Lipinski definition) is 5. The first kappa shape index (κ1) is 24.3. The first-order valence-corrected chi connectivity index (χ1v) is 13.0. The van der Waals surface area contributed by atoms with Gasteiger partial charge in [0.25, 0.3) is 0 Å². The molecule has 1 saturated carbocycles. The van der Waals surface area contributed by atoms with Gasteiger partial charge in [0.05, 0.1) is 18.3 Å². The summed E-state index contributed by atoms with van der Waals surface area (Å²) >= 11 is 0. The van der Waals surface area contributed by atoms with E-state index < -0.39 is 19.5 Å². The third-order valence-corrected chi connectivity index (χ3v) is 7.98. The van der Waals surface area contributed by atoms with E-state index in [0.717, 1.165) is 45.1 Å². The largest absolute Gasteiger partial charge is 0.391 e. The highest BCUT2D eigenvalue weighted by Crippen LogP contribution is 2.45. The second-order valence-electron chi connectivity index (χ2n) is 8.99. The van der Waals surface area contributed by atoms with Crippen LogP contribution in [-0.4, -0.2) is 65.4 Å². The van der Waals surface area contributed by atoms with Gasteiger partial charge >= 0.3 is 0 Å². The highest BCUT2D eigenvalue weighted by Gasteiger charge is 2.31. The lowest BCUT2D eigenvalue weighted by Gasteiger charge is -2.26. The topological polar surface area (TPSA) is 128 Å². The standard InChI is InChI=1S/C20H38N3O5P/c1-14(2)18(23-19(25)17-9-6-10-21-17)20(26)22-11-16(24)13-29(27,28)12-15-7-4-3-5-8-15/h14-18,21,24H,3-13H2,1-2H3,(H,22,26)(H,23,25)(H,27,28). The van der Waals surface area contributed by atoms with Crippen molar-refractivity contribution in [3.8, 4) is 0 Å². The van der Waals surface area contributed by atoms with Crippen LogP contribution in [0.25, 0.3) is 0 Å². The van der Waals surface area contributed by atoms with Gasteiger partial charge in [-0.25, -0.2) is 0 Å². The SMILES string of the molecule is CC(C)C(NC(=O)C1CCCN1)C(=O)NCC(O)CP(=O)(O)CC1CCCCC1. The average Bonchev–Trinajstić information content (AvgIpc) is 3.18. The minimum atomic E-state index is -3.44. The van der Waals surface area contributed by atoms with Crippen LogP contribution in [0.5, 0.6) is 0 Å². The van der Waals surface area contributed by atoms with E-state index >= 15 is 0 Å². The van der Waals surface area contributed by atoms with Crippen LogP contribution in [0.15, 0.2) is 0 Å². The van der Waals surface area contributed by atoms with Crippen LogP contribution in [0.4, 0.5) is 0 Å². The zero-order valence-electron chi connectivity index (χ0n) is 17.7. The van der Waals surface area contributed by atoms with Gasteiger partial charge in [0, 0.05) is 12.7 Å². The molecule has 0 spiro atoms. The molecule has 168 valence electrons. The number of nitrogens with one attached hydrogen (secondary N) is 3. The lowest BCUT2D eigenvalue weighted by atomic mass is 9.91. The molecule has 29 heavy (non-hydrogen) atoms. The second kappa shape index (κ2) is 11.4. The molecule has 2 fully saturated rings. The Balaban J connectivity index is 1.78. The van der Waals surface area contributed by atoms with Gasteiger partial charge in [0.2, 0.25) is 19.2 Å². The number of carbonyl (C=O) groups excluding carboxylic acids is 2. The maximum Gasteiger partial charge on any atom is 0.242 e. The van der Waals surface area contributed by atoms with Crippen LogP contribution in [0, 0.1) is 11.8 Å². The van der Waals surface area contributed by atoms with Gasteiger partial charge in [-0.2, -0.15) is 0 Å². The minimum absolute atomic E-state index is 0.102. The smallest absolute Gasteiger partial charge is 0.242 e. The van der Waals surface area contributed by atoms with Gasteiger partial charge in [0.1, 0.15) is 6.04 Å². The third-order valence-electron chi connectivity index (χ3n) is 5.90. The quantitative estimate of drug-likeness (QED) is 0.331. The number of aliphatic hydroxyl groups excluding tert-OH is 1. The van der Waals surface area contributed by atoms with E-state index in [1.165, 1.54) is 6.42 Å². The highest BCUT2D eigenvalue weighted by molar-refractivity contribution is 7.58. The fourth-order valence-corrected chi connectivity index (χ4v) is 6.38. The van der Waals surface area contributed by atoms with Crippen LogP contribution in [-0.2, 0) is 14.2 Å². The molecule has 0 radical (unpaired) electrons. The van der Waals surface area contributed by atoms with Crippen molar-refractivity contribution in [2.75, 3.05) is 25.4 Å². The van der Waals surface area contributed by atoms with Gasteiger partial charge in [-0.05, 0) is 44.1 Å². The fraction of sp³-hybridized carbons (Fsp3) is 0.900. The Morgan fingerprint density at radius 3 is 2.41 bits per heavy atom. The summed E-state index contributed by atoms with van der Waals surface area (Å²) in [6.45, 7) is 4.38. The number of aliphatic hydroxyl groups is 1. The third kappa shape index (κ3) is 8.36. The summed E-state index contributed by atoms with van der Waals surface area (Å²) in [7, 11) is -3.44. The van der Waals surface area contributed by atoms with Crippen LogP contribution in [0.3, 0.4) is 0 Å². The number of amides is 2. The van der Waals surface area contributed by atoms with Gasteiger partial charge in [-0.1, -0.05) is 33.1 Å². The predicted octanol–water partition coefficient (Wildman–Crippen LogP) is 1.21. The number of hydrogen-bond acceptors (Lipinski definition) is 5. The van der Waals surface area contributed by atoms with Crippen molar-refractivity contribution >= 4 is 19.2 Å². The van der Waals surface area contributed by atoms with Crippen molar-refractivity contribution in [3.05, 3.63) is 0 Å². The van der Waals surface area contributed by atoms with Gasteiger partial charge < -0.3 is 26.0 Å². The molecule has 8 nitrogen and oxygen atoms in total. The molecule has 4 atom stereocenters. The monoisotopic (exact) mass is 431 g/mol. The zero-order valence-corrected chi connectivity index (χ0v) is 18.6. The lowest BCUT2D eigenvalue weighted by molar-refractivity contribution is -0.131. The molecule has 2 aliphatic rings. The van der Waals surface area contributed by atoms with E-state index in [1.54, 1.807) is 0 Å². The molecule has 2 amide bonds. The highest BCUT2D eigenvalue weighted by atomic mass is 31.2. The van der Waals surface area contributed by atoms with Crippen LogP contribution in [0.2, 0.25) is 0 Å². The predicted molar refractivity (Wildman–Crippen MR) is 113 cm³/mol. The zero-order chi connectivity index (χ0) is 21.4. The molecule has 1 saturated heterocycles. The second-order valence-corrected chi connectivity index (χ2v) is 11.4. The van der Waals surface area contributed by atoms with Crippen LogP contribution >= 0.6 is 7.37 Å². The van der Waals surface area contributed by atoms with Crippen molar-refractivity contribution in [2.24, 2.45) is 11.8 Å². The molecule has 0 bridgehead atoms. The normalized spacial score (nSPS) is 24.7. The van der Waals surface area contributed by atoms with E-state index in [1.807, 2.05) is 13.8 Å². The molecular weight excluding hydrogens is 393 g/mol. The number of carbonyl (C=O) groups is 2. The molecule has 0 aromatic rings. The van der Waals surface area contributed by atoms with Gasteiger partial charge in [-0.3, -0.25) is 14.2 Å². The Labute approximate surface area is 174 Å². The van der Waals surface area contributed by atoms with Gasteiger partial charge in [-0.15, -0.1) is 0 Å². The summed E-state index contributed by atoms with van der Waals surface area (Å²) < 4.78 is 12.5. The number of rotatable bonds is 10. The van der Waals surface area contributed by atoms with E-state index in [-0.39, 0.29) is 48.6 Å². The molecule has 4 unspecified atom stereocenters. The summed E-state index contributed by atoms with van der Waals surface area (Å²) in [6, 6.07) is -0.977. The molecule has 2 rings (SSSR count). The summed E-state index contributed by atoms with van der Waals surface area (Å²) in [5.74, 6) is -0.437. The van der Waals surface area contributed by atoms with E-state index in [9.17, 15) is 24.2 Å². The molecule has 1 aliphatic heterocycles. The summed E-state index contributed by atoms with van der Waals surface area (Å²) in [4.78, 5) is 35.1. The van der Waals surface area contributed by atoms with Crippen molar-refractivity contribution in [2.45, 2.75) is 77.0 Å². The molecule has 1 heterocycles. The Morgan fingerprint density at radius 2 is 1.83 bits per heavy atom. The molecule has 0 aromatic carbocycles. The Bertz CT molecular complexity index is 589. The van der Waals surface area contributed by atoms with Crippen molar-refractivity contribution in [1.29, 1.82) is 0 Å². The molecule has 9 heteroatoms. The van der Waals surface area contributed by atoms with Crippen LogP contribution in [0.1, 0.15) is 58.8 Å². The van der Waals surface area contributed by atoms with E-state index in [4.69, 9.17) is 0 Å². The first-order chi connectivity index (χ1) is 13.7. The summed E-state index contributed by atoms with van der Waals surface area (Å²) in [6.07, 6.45) is 5.97. The first-order valence-electron chi connectivity index (χ1n) is 11.0. The van der Waals surface area contributed by atoms with Crippen molar-refractivity contribution < 1.29 is 24.2 Å². The van der Waals surface area contributed by atoms with E-state index in [2.05, 4.69) is 16.0 Å². The lowest BCUT2D eigenvalue weighted by Crippen LogP contribution is -2.54. The molecule has 5 N–H and O–H groups in total. The molecule has 1 aliphatic carbocycles. The maximum atomic E-state index is 12.5. The Morgan fingerprint density at radius 1 is 1.14 bits per heavy atom. The molecular formula is C20H38N3O5P.